The van der Waals surface area contributed by atoms with Crippen molar-refractivity contribution in [2.24, 2.45) is 5.92 Å². The number of aliphatic hydroxyl groups excluding tert-OH is 1. The van der Waals surface area contributed by atoms with E-state index in [1.165, 1.54) is 25.0 Å². The molecule has 2 atom stereocenters. The SMILES string of the molecule is OC1CC(c2ccc(F)cc2)N(CC2CCNCC2)C1. The van der Waals surface area contributed by atoms with Crippen LogP contribution in [-0.2, 0) is 0 Å². The topological polar surface area (TPSA) is 35.5 Å². The summed E-state index contributed by atoms with van der Waals surface area (Å²) in [6.45, 7) is 3.98. The summed E-state index contributed by atoms with van der Waals surface area (Å²) in [4.78, 5) is 2.38. The summed E-state index contributed by atoms with van der Waals surface area (Å²) >= 11 is 0. The van der Waals surface area contributed by atoms with E-state index in [1.807, 2.05) is 12.1 Å². The van der Waals surface area contributed by atoms with E-state index >= 15 is 0 Å². The van der Waals surface area contributed by atoms with Crippen molar-refractivity contribution < 1.29 is 9.50 Å². The van der Waals surface area contributed by atoms with Gasteiger partial charge in [-0.3, -0.25) is 4.90 Å². The molecule has 0 saturated carbocycles. The Balaban J connectivity index is 1.69. The van der Waals surface area contributed by atoms with Crippen LogP contribution in [0.1, 0.15) is 30.9 Å². The summed E-state index contributed by atoms with van der Waals surface area (Å²) in [5.41, 5.74) is 1.12. The molecular formula is C16H23FN2O. The lowest BCUT2D eigenvalue weighted by Crippen LogP contribution is -2.36. The van der Waals surface area contributed by atoms with Gasteiger partial charge in [-0.1, -0.05) is 12.1 Å². The number of piperidine rings is 1. The number of hydrogen-bond donors (Lipinski definition) is 2. The van der Waals surface area contributed by atoms with Crippen molar-refractivity contribution >= 4 is 0 Å². The van der Waals surface area contributed by atoms with Gasteiger partial charge in [-0.15, -0.1) is 0 Å². The third-order valence-electron chi connectivity index (χ3n) is 4.59. The largest absolute Gasteiger partial charge is 0.392 e. The lowest BCUT2D eigenvalue weighted by molar-refractivity contribution is 0.157. The fourth-order valence-electron chi connectivity index (χ4n) is 3.51. The van der Waals surface area contributed by atoms with Crippen LogP contribution in [0.3, 0.4) is 0 Å². The van der Waals surface area contributed by atoms with Crippen LogP contribution < -0.4 is 5.32 Å². The molecule has 0 aliphatic carbocycles. The minimum absolute atomic E-state index is 0.197. The number of hydrogen-bond acceptors (Lipinski definition) is 3. The van der Waals surface area contributed by atoms with Crippen LogP contribution in [0.5, 0.6) is 0 Å². The molecule has 1 aromatic rings. The van der Waals surface area contributed by atoms with Crippen molar-refractivity contribution in [3.05, 3.63) is 35.6 Å². The smallest absolute Gasteiger partial charge is 0.123 e. The molecule has 2 unspecified atom stereocenters. The molecule has 2 N–H and O–H groups in total. The third kappa shape index (κ3) is 3.19. The summed E-state index contributed by atoms with van der Waals surface area (Å²) in [6.07, 6.45) is 2.92. The van der Waals surface area contributed by atoms with E-state index in [9.17, 15) is 9.50 Å². The van der Waals surface area contributed by atoms with Crippen LogP contribution in [-0.4, -0.2) is 42.3 Å². The molecule has 2 aliphatic rings. The standard InChI is InChI=1S/C16H23FN2O/c17-14-3-1-13(2-4-14)16-9-15(20)11-19(16)10-12-5-7-18-8-6-12/h1-4,12,15-16,18,20H,5-11H2. The van der Waals surface area contributed by atoms with Gasteiger partial charge in [-0.2, -0.15) is 0 Å². The molecule has 0 spiro atoms. The fraction of sp³-hybridized carbons (Fsp3) is 0.625. The Hall–Kier alpha value is -0.970. The first kappa shape index (κ1) is 14.0. The molecule has 0 amide bonds. The molecule has 20 heavy (non-hydrogen) atoms. The first-order valence-electron chi connectivity index (χ1n) is 7.60. The van der Waals surface area contributed by atoms with E-state index in [1.54, 1.807) is 0 Å². The van der Waals surface area contributed by atoms with E-state index in [4.69, 9.17) is 0 Å². The van der Waals surface area contributed by atoms with Crippen LogP contribution in [0.2, 0.25) is 0 Å². The molecule has 2 fully saturated rings. The third-order valence-corrected chi connectivity index (χ3v) is 4.59. The van der Waals surface area contributed by atoms with Gasteiger partial charge in [0, 0.05) is 19.1 Å². The predicted octanol–water partition coefficient (Wildman–Crippen LogP) is 1.93. The van der Waals surface area contributed by atoms with Crippen molar-refractivity contribution in [1.29, 1.82) is 0 Å². The van der Waals surface area contributed by atoms with Crippen molar-refractivity contribution in [1.82, 2.24) is 10.2 Å². The average molecular weight is 278 g/mol. The summed E-state index contributed by atoms with van der Waals surface area (Å²) in [7, 11) is 0. The Labute approximate surface area is 119 Å². The lowest BCUT2D eigenvalue weighted by Gasteiger charge is -2.31. The molecule has 2 aliphatic heterocycles. The Bertz CT molecular complexity index is 431. The molecule has 3 nitrogen and oxygen atoms in total. The Morgan fingerprint density at radius 1 is 1.20 bits per heavy atom. The van der Waals surface area contributed by atoms with Crippen LogP contribution in [0.15, 0.2) is 24.3 Å². The Morgan fingerprint density at radius 2 is 1.90 bits per heavy atom. The maximum Gasteiger partial charge on any atom is 0.123 e. The lowest BCUT2D eigenvalue weighted by atomic mass is 9.96. The highest BCUT2D eigenvalue weighted by molar-refractivity contribution is 5.21. The van der Waals surface area contributed by atoms with Gasteiger partial charge in [0.15, 0.2) is 0 Å². The van der Waals surface area contributed by atoms with Crippen LogP contribution in [0, 0.1) is 11.7 Å². The van der Waals surface area contributed by atoms with E-state index in [2.05, 4.69) is 10.2 Å². The normalized spacial score (nSPS) is 28.9. The summed E-state index contributed by atoms with van der Waals surface area (Å²) in [5.74, 6) is 0.515. The molecule has 1 aromatic carbocycles. The number of likely N-dealkylation sites (tertiary alicyclic amines) is 1. The number of benzene rings is 1. The molecule has 0 bridgehead atoms. The van der Waals surface area contributed by atoms with Crippen molar-refractivity contribution in [2.45, 2.75) is 31.4 Å². The summed E-state index contributed by atoms with van der Waals surface area (Å²) < 4.78 is 13.1. The van der Waals surface area contributed by atoms with Gasteiger partial charge in [0.1, 0.15) is 5.82 Å². The van der Waals surface area contributed by atoms with Gasteiger partial charge in [0.05, 0.1) is 6.10 Å². The fourth-order valence-corrected chi connectivity index (χ4v) is 3.51. The predicted molar refractivity (Wildman–Crippen MR) is 76.9 cm³/mol. The number of halogens is 1. The highest BCUT2D eigenvalue weighted by Crippen LogP contribution is 2.33. The minimum Gasteiger partial charge on any atom is -0.392 e. The molecule has 3 rings (SSSR count). The second-order valence-electron chi connectivity index (χ2n) is 6.10. The second-order valence-corrected chi connectivity index (χ2v) is 6.10. The quantitative estimate of drug-likeness (QED) is 0.887. The van der Waals surface area contributed by atoms with E-state index in [-0.39, 0.29) is 18.0 Å². The Kier molecular flexibility index (Phi) is 4.34. The van der Waals surface area contributed by atoms with E-state index in [0.717, 1.165) is 38.2 Å². The maximum atomic E-state index is 13.1. The first-order valence-corrected chi connectivity index (χ1v) is 7.60. The molecular weight excluding hydrogens is 255 g/mol. The monoisotopic (exact) mass is 278 g/mol. The number of aliphatic hydroxyl groups is 1. The molecule has 110 valence electrons. The zero-order chi connectivity index (χ0) is 13.9. The van der Waals surface area contributed by atoms with Gasteiger partial charge in [0.2, 0.25) is 0 Å². The van der Waals surface area contributed by atoms with Gasteiger partial charge >= 0.3 is 0 Å². The number of nitrogens with one attached hydrogen (secondary N) is 1. The number of nitrogens with zero attached hydrogens (tertiary/aromatic N) is 1. The van der Waals surface area contributed by atoms with Crippen molar-refractivity contribution in [3.63, 3.8) is 0 Å². The highest BCUT2D eigenvalue weighted by atomic mass is 19.1. The molecule has 2 saturated heterocycles. The maximum absolute atomic E-state index is 13.1. The van der Waals surface area contributed by atoms with Gasteiger partial charge in [-0.25, -0.2) is 4.39 Å². The number of rotatable bonds is 3. The van der Waals surface area contributed by atoms with Gasteiger partial charge < -0.3 is 10.4 Å². The zero-order valence-corrected chi connectivity index (χ0v) is 11.8. The summed E-state index contributed by atoms with van der Waals surface area (Å²) in [6, 6.07) is 6.98. The minimum atomic E-state index is -0.258. The zero-order valence-electron chi connectivity index (χ0n) is 11.8. The van der Waals surface area contributed by atoms with Gasteiger partial charge in [-0.05, 0) is 56.0 Å². The Morgan fingerprint density at radius 3 is 2.60 bits per heavy atom. The summed E-state index contributed by atoms with van der Waals surface area (Å²) in [5, 5.41) is 13.4. The van der Waals surface area contributed by atoms with Crippen LogP contribution in [0.4, 0.5) is 4.39 Å². The van der Waals surface area contributed by atoms with Crippen molar-refractivity contribution in [3.8, 4) is 0 Å². The van der Waals surface area contributed by atoms with E-state index in [0.29, 0.717) is 5.92 Å². The van der Waals surface area contributed by atoms with Crippen molar-refractivity contribution in [2.75, 3.05) is 26.2 Å². The average Bonchev–Trinajstić information content (AvgIpc) is 2.81. The molecule has 0 aromatic heterocycles. The molecule has 4 heteroatoms. The van der Waals surface area contributed by atoms with E-state index < -0.39 is 0 Å². The second kappa shape index (κ2) is 6.20. The molecule has 2 heterocycles. The van der Waals surface area contributed by atoms with Gasteiger partial charge in [0.25, 0.3) is 0 Å². The first-order chi connectivity index (χ1) is 9.72. The van der Waals surface area contributed by atoms with Crippen LogP contribution >= 0.6 is 0 Å². The highest BCUT2D eigenvalue weighted by Gasteiger charge is 2.33. The molecule has 0 radical (unpaired) electrons. The van der Waals surface area contributed by atoms with Crippen LogP contribution in [0.25, 0.3) is 0 Å². The number of β-amino-alcohol motifs (C(OH)–C–C–N with tert-alkyl or cyclic N) is 1.